The summed E-state index contributed by atoms with van der Waals surface area (Å²) < 4.78 is 0. The molecule has 0 saturated carbocycles. The van der Waals surface area contributed by atoms with Gasteiger partial charge in [-0.05, 0) is 27.3 Å². The maximum absolute atomic E-state index is 11.5. The number of hydrogen-bond donors (Lipinski definition) is 3. The van der Waals surface area contributed by atoms with E-state index < -0.39 is 5.54 Å². The first kappa shape index (κ1) is 12.4. The lowest BCUT2D eigenvalue weighted by molar-refractivity contribution is -0.127. The minimum Gasteiger partial charge on any atom is -0.394 e. The lowest BCUT2D eigenvalue weighted by Crippen LogP contribution is -2.54. The third-order valence-corrected chi connectivity index (χ3v) is 1.84. The van der Waals surface area contributed by atoms with Crippen LogP contribution in [-0.2, 0) is 4.79 Å². The molecule has 0 aliphatic carbocycles. The molecule has 0 radical (unpaired) electrons. The van der Waals surface area contributed by atoms with Crippen molar-refractivity contribution in [3.05, 3.63) is 0 Å². The lowest BCUT2D eigenvalue weighted by atomic mass is 10.0. The van der Waals surface area contributed by atoms with E-state index in [9.17, 15) is 4.79 Å². The smallest absolute Gasteiger partial charge is 0.240 e. The number of rotatable bonds is 5. The number of nitrogens with one attached hydrogen (secondary N) is 2. The van der Waals surface area contributed by atoms with Crippen LogP contribution in [0.3, 0.4) is 0 Å². The minimum atomic E-state index is -0.571. The molecular formula is C9H20N2O2. The van der Waals surface area contributed by atoms with E-state index in [4.69, 9.17) is 5.11 Å². The summed E-state index contributed by atoms with van der Waals surface area (Å²) in [6, 6.07) is -0.189. The highest BCUT2D eigenvalue weighted by atomic mass is 16.3. The van der Waals surface area contributed by atoms with Crippen LogP contribution in [0.4, 0.5) is 0 Å². The van der Waals surface area contributed by atoms with Crippen LogP contribution in [0, 0.1) is 0 Å². The molecule has 0 aliphatic heterocycles. The zero-order valence-electron chi connectivity index (χ0n) is 8.85. The Hall–Kier alpha value is -0.610. The van der Waals surface area contributed by atoms with Crippen molar-refractivity contribution in [2.45, 2.75) is 39.3 Å². The molecule has 0 aliphatic rings. The molecule has 0 heterocycles. The van der Waals surface area contributed by atoms with Crippen LogP contribution < -0.4 is 10.6 Å². The summed E-state index contributed by atoms with van der Waals surface area (Å²) in [4.78, 5) is 11.5. The maximum atomic E-state index is 11.5. The van der Waals surface area contributed by atoms with Gasteiger partial charge in [0.2, 0.25) is 5.91 Å². The molecule has 0 bridgehead atoms. The SMILES string of the molecule is CCNC(C)(C)C(=O)NC(C)CO. The predicted molar refractivity (Wildman–Crippen MR) is 52.4 cm³/mol. The number of carbonyl (C=O) groups is 1. The third kappa shape index (κ3) is 4.24. The Morgan fingerprint density at radius 3 is 2.46 bits per heavy atom. The Morgan fingerprint density at radius 2 is 2.08 bits per heavy atom. The van der Waals surface area contributed by atoms with E-state index in [1.807, 2.05) is 20.8 Å². The Morgan fingerprint density at radius 1 is 1.54 bits per heavy atom. The molecule has 4 heteroatoms. The summed E-state index contributed by atoms with van der Waals surface area (Å²) in [5.41, 5.74) is -0.571. The molecule has 0 rings (SSSR count). The zero-order valence-corrected chi connectivity index (χ0v) is 8.85. The highest BCUT2D eigenvalue weighted by molar-refractivity contribution is 5.85. The van der Waals surface area contributed by atoms with Crippen molar-refractivity contribution in [3.63, 3.8) is 0 Å². The summed E-state index contributed by atoms with van der Waals surface area (Å²) in [6.45, 7) is 8.05. The van der Waals surface area contributed by atoms with Gasteiger partial charge in [0.25, 0.3) is 0 Å². The fraction of sp³-hybridized carbons (Fsp3) is 0.889. The van der Waals surface area contributed by atoms with Gasteiger partial charge in [0.1, 0.15) is 0 Å². The maximum Gasteiger partial charge on any atom is 0.240 e. The molecule has 1 atom stereocenters. The molecule has 78 valence electrons. The monoisotopic (exact) mass is 188 g/mol. The molecule has 0 aromatic rings. The Bertz CT molecular complexity index is 169. The molecule has 1 unspecified atom stereocenters. The third-order valence-electron chi connectivity index (χ3n) is 1.84. The molecule has 0 aromatic carbocycles. The van der Waals surface area contributed by atoms with E-state index in [2.05, 4.69) is 10.6 Å². The van der Waals surface area contributed by atoms with E-state index >= 15 is 0 Å². The van der Waals surface area contributed by atoms with Crippen LogP contribution in [0.5, 0.6) is 0 Å². The summed E-state index contributed by atoms with van der Waals surface area (Å²) in [6.07, 6.45) is 0. The number of carbonyl (C=O) groups excluding carboxylic acids is 1. The Balaban J connectivity index is 4.08. The number of amides is 1. The highest BCUT2D eigenvalue weighted by Gasteiger charge is 2.26. The van der Waals surface area contributed by atoms with Crippen molar-refractivity contribution in [2.24, 2.45) is 0 Å². The van der Waals surface area contributed by atoms with Crippen LogP contribution in [0.2, 0.25) is 0 Å². The van der Waals surface area contributed by atoms with Crippen LogP contribution in [-0.4, -0.2) is 35.7 Å². The van der Waals surface area contributed by atoms with Crippen LogP contribution in [0.1, 0.15) is 27.7 Å². The predicted octanol–water partition coefficient (Wildman–Crippen LogP) is -0.128. The molecule has 0 spiro atoms. The van der Waals surface area contributed by atoms with Gasteiger partial charge in [-0.3, -0.25) is 4.79 Å². The van der Waals surface area contributed by atoms with Crippen molar-refractivity contribution in [3.8, 4) is 0 Å². The second-order valence-corrected chi connectivity index (χ2v) is 3.71. The van der Waals surface area contributed by atoms with Gasteiger partial charge < -0.3 is 15.7 Å². The van der Waals surface area contributed by atoms with E-state index in [-0.39, 0.29) is 18.6 Å². The second-order valence-electron chi connectivity index (χ2n) is 3.71. The lowest BCUT2D eigenvalue weighted by Gasteiger charge is -2.26. The van der Waals surface area contributed by atoms with Gasteiger partial charge in [-0.1, -0.05) is 6.92 Å². The van der Waals surface area contributed by atoms with Crippen LogP contribution in [0.25, 0.3) is 0 Å². The average molecular weight is 188 g/mol. The largest absolute Gasteiger partial charge is 0.394 e. The first-order valence-electron chi connectivity index (χ1n) is 4.61. The van der Waals surface area contributed by atoms with Gasteiger partial charge in [-0.15, -0.1) is 0 Å². The second kappa shape index (κ2) is 5.19. The molecule has 0 fully saturated rings. The van der Waals surface area contributed by atoms with Gasteiger partial charge in [0, 0.05) is 6.04 Å². The molecule has 3 N–H and O–H groups in total. The molecule has 0 aromatic heterocycles. The summed E-state index contributed by atoms with van der Waals surface area (Å²) >= 11 is 0. The number of aliphatic hydroxyl groups excluding tert-OH is 1. The quantitative estimate of drug-likeness (QED) is 0.563. The molecule has 1 amide bonds. The Labute approximate surface area is 79.7 Å². The van der Waals surface area contributed by atoms with E-state index in [1.54, 1.807) is 6.92 Å². The van der Waals surface area contributed by atoms with E-state index in [1.165, 1.54) is 0 Å². The average Bonchev–Trinajstić information content (AvgIpc) is 2.04. The molecule has 0 saturated heterocycles. The normalized spacial score (nSPS) is 13.9. The van der Waals surface area contributed by atoms with E-state index in [0.717, 1.165) is 6.54 Å². The first-order valence-corrected chi connectivity index (χ1v) is 4.61. The minimum absolute atomic E-state index is 0.0338. The van der Waals surface area contributed by atoms with Crippen molar-refractivity contribution in [1.82, 2.24) is 10.6 Å². The molecule has 4 nitrogen and oxygen atoms in total. The summed E-state index contributed by atoms with van der Waals surface area (Å²) in [7, 11) is 0. The zero-order chi connectivity index (χ0) is 10.5. The standard InChI is InChI=1S/C9H20N2O2/c1-5-10-9(3,4)8(13)11-7(2)6-12/h7,10,12H,5-6H2,1-4H3,(H,11,13). The summed E-state index contributed by atoms with van der Waals surface area (Å²) in [5, 5.41) is 14.5. The first-order chi connectivity index (χ1) is 5.94. The van der Waals surface area contributed by atoms with Crippen LogP contribution in [0.15, 0.2) is 0 Å². The van der Waals surface area contributed by atoms with Gasteiger partial charge in [0.15, 0.2) is 0 Å². The van der Waals surface area contributed by atoms with Gasteiger partial charge in [-0.2, -0.15) is 0 Å². The highest BCUT2D eigenvalue weighted by Crippen LogP contribution is 2.01. The number of hydrogen-bond acceptors (Lipinski definition) is 3. The molecular weight excluding hydrogens is 168 g/mol. The van der Waals surface area contributed by atoms with Gasteiger partial charge in [0.05, 0.1) is 12.1 Å². The fourth-order valence-electron chi connectivity index (χ4n) is 0.972. The van der Waals surface area contributed by atoms with Crippen molar-refractivity contribution < 1.29 is 9.90 Å². The van der Waals surface area contributed by atoms with Crippen molar-refractivity contribution in [1.29, 1.82) is 0 Å². The fourth-order valence-corrected chi connectivity index (χ4v) is 0.972. The summed E-state index contributed by atoms with van der Waals surface area (Å²) in [5.74, 6) is -0.0871. The van der Waals surface area contributed by atoms with Crippen molar-refractivity contribution in [2.75, 3.05) is 13.2 Å². The van der Waals surface area contributed by atoms with Crippen LogP contribution >= 0.6 is 0 Å². The van der Waals surface area contributed by atoms with E-state index in [0.29, 0.717) is 0 Å². The Kier molecular flexibility index (Phi) is 4.95. The number of likely N-dealkylation sites (N-methyl/N-ethyl adjacent to an activating group) is 1. The molecule has 13 heavy (non-hydrogen) atoms. The van der Waals surface area contributed by atoms with Gasteiger partial charge >= 0.3 is 0 Å². The van der Waals surface area contributed by atoms with Gasteiger partial charge in [-0.25, -0.2) is 0 Å². The number of aliphatic hydroxyl groups is 1. The van der Waals surface area contributed by atoms with Crippen molar-refractivity contribution >= 4 is 5.91 Å². The topological polar surface area (TPSA) is 61.4 Å².